The van der Waals surface area contributed by atoms with Gasteiger partial charge in [-0.2, -0.15) is 13.1 Å². The molecule has 62 heavy (non-hydrogen) atoms. The molecule has 17 heteroatoms. The minimum absolute atomic E-state index is 0.0401. The van der Waals surface area contributed by atoms with Gasteiger partial charge in [0.1, 0.15) is 18.2 Å². The Morgan fingerprint density at radius 2 is 1.65 bits per heavy atom. The van der Waals surface area contributed by atoms with Gasteiger partial charge in [0.05, 0.1) is 21.5 Å². The SMILES string of the molecule is O=C(O[C@@H]1CC2CCCN(C2)C1)C(Nc1cccc(S(=O)(=O)N2CCC[C@H]2C(=O)O[C@@H](Cc2c(Cl)cncc2Cl)c2ccc(OC(F)F)c(OCC3CC3)c2)c1)c1ccccc1. The van der Waals surface area contributed by atoms with Crippen LogP contribution in [0.5, 0.6) is 11.5 Å². The third-order valence-electron chi connectivity index (χ3n) is 11.9. The Bertz CT molecular complexity index is 2310. The number of anilines is 1. The summed E-state index contributed by atoms with van der Waals surface area (Å²) in [6, 6.07) is 17.4. The highest BCUT2D eigenvalue weighted by molar-refractivity contribution is 7.89. The molecule has 3 aliphatic heterocycles. The highest BCUT2D eigenvalue weighted by Crippen LogP contribution is 2.39. The van der Waals surface area contributed by atoms with Crippen molar-refractivity contribution in [3.8, 4) is 11.5 Å². The number of carbonyl (C=O) groups is 2. The molecule has 1 saturated carbocycles. The molecule has 3 aromatic carbocycles. The fraction of sp³-hybridized carbons (Fsp3) is 0.444. The first-order chi connectivity index (χ1) is 29.9. The number of fused-ring (bicyclic) bond motifs is 2. The number of rotatable bonds is 17. The van der Waals surface area contributed by atoms with Crippen molar-refractivity contribution >= 4 is 50.9 Å². The predicted molar refractivity (Wildman–Crippen MR) is 228 cm³/mol. The average molecular weight is 914 g/mol. The Morgan fingerprint density at radius 1 is 0.871 bits per heavy atom. The first-order valence-corrected chi connectivity index (χ1v) is 23.2. The molecular weight excluding hydrogens is 865 g/mol. The van der Waals surface area contributed by atoms with Crippen LogP contribution in [0.2, 0.25) is 10.0 Å². The van der Waals surface area contributed by atoms with E-state index in [1.165, 1.54) is 42.7 Å². The van der Waals surface area contributed by atoms with E-state index in [1.54, 1.807) is 12.1 Å². The fourth-order valence-corrected chi connectivity index (χ4v) is 10.8. The lowest BCUT2D eigenvalue weighted by atomic mass is 9.88. The van der Waals surface area contributed by atoms with Gasteiger partial charge in [0.2, 0.25) is 10.0 Å². The van der Waals surface area contributed by atoms with Crippen LogP contribution < -0.4 is 14.8 Å². The van der Waals surface area contributed by atoms with Crippen LogP contribution in [-0.4, -0.2) is 86.1 Å². The number of benzene rings is 3. The van der Waals surface area contributed by atoms with Crippen molar-refractivity contribution < 1.29 is 45.7 Å². The second kappa shape index (κ2) is 19.5. The molecule has 0 spiro atoms. The van der Waals surface area contributed by atoms with Gasteiger partial charge < -0.3 is 24.3 Å². The summed E-state index contributed by atoms with van der Waals surface area (Å²) in [5.41, 5.74) is 1.79. The van der Waals surface area contributed by atoms with Crippen molar-refractivity contribution in [2.24, 2.45) is 11.8 Å². The van der Waals surface area contributed by atoms with Gasteiger partial charge in [-0.25, -0.2) is 13.2 Å². The maximum absolute atomic E-state index is 14.4. The number of alkyl halides is 2. The summed E-state index contributed by atoms with van der Waals surface area (Å²) >= 11 is 13.0. The van der Waals surface area contributed by atoms with E-state index < -0.39 is 46.8 Å². The Kier molecular flexibility index (Phi) is 13.8. The van der Waals surface area contributed by atoms with E-state index in [1.807, 2.05) is 30.3 Å². The number of carbonyl (C=O) groups excluding carboxylic acids is 2. The van der Waals surface area contributed by atoms with E-state index in [9.17, 15) is 26.8 Å². The molecule has 1 aliphatic carbocycles. The molecule has 1 N–H and O–H groups in total. The number of nitrogens with one attached hydrogen (secondary N) is 1. The third kappa shape index (κ3) is 10.6. The number of pyridine rings is 1. The van der Waals surface area contributed by atoms with E-state index >= 15 is 0 Å². The van der Waals surface area contributed by atoms with Crippen LogP contribution in [0, 0.1) is 11.8 Å². The van der Waals surface area contributed by atoms with Gasteiger partial charge in [-0.3, -0.25) is 14.7 Å². The summed E-state index contributed by atoms with van der Waals surface area (Å²) in [5, 5.41) is 3.65. The summed E-state index contributed by atoms with van der Waals surface area (Å²) < 4.78 is 79.7. The third-order valence-corrected chi connectivity index (χ3v) is 14.4. The van der Waals surface area contributed by atoms with Crippen molar-refractivity contribution in [3.63, 3.8) is 0 Å². The highest BCUT2D eigenvalue weighted by Gasteiger charge is 2.42. The van der Waals surface area contributed by atoms with Crippen molar-refractivity contribution in [1.82, 2.24) is 14.2 Å². The topological polar surface area (TPSA) is 137 Å². The molecule has 330 valence electrons. The van der Waals surface area contributed by atoms with Gasteiger partial charge >= 0.3 is 18.6 Å². The predicted octanol–water partition coefficient (Wildman–Crippen LogP) is 8.64. The smallest absolute Gasteiger partial charge is 0.387 e. The van der Waals surface area contributed by atoms with Gasteiger partial charge in [0, 0.05) is 44.1 Å². The van der Waals surface area contributed by atoms with Crippen molar-refractivity contribution in [2.75, 3.05) is 38.1 Å². The van der Waals surface area contributed by atoms with Gasteiger partial charge in [-0.15, -0.1) is 0 Å². The Balaban J connectivity index is 1.02. The second-order valence-electron chi connectivity index (χ2n) is 16.4. The fourth-order valence-electron chi connectivity index (χ4n) is 8.59. The van der Waals surface area contributed by atoms with Crippen LogP contribution in [0.25, 0.3) is 0 Å². The molecular formula is C45H48Cl2F2N4O8S. The van der Waals surface area contributed by atoms with Gasteiger partial charge in [0.25, 0.3) is 0 Å². The van der Waals surface area contributed by atoms with Crippen LogP contribution in [0.3, 0.4) is 0 Å². The highest BCUT2D eigenvalue weighted by atomic mass is 35.5. The Hall–Kier alpha value is -4.54. The summed E-state index contributed by atoms with van der Waals surface area (Å²) in [6.07, 6.45) is 6.91. The normalized spacial score (nSPS) is 22.4. The maximum atomic E-state index is 14.4. The zero-order valence-electron chi connectivity index (χ0n) is 33.8. The number of ether oxygens (including phenoxy) is 4. The maximum Gasteiger partial charge on any atom is 0.387 e. The van der Waals surface area contributed by atoms with Gasteiger partial charge in [-0.05, 0) is 110 Å². The zero-order valence-corrected chi connectivity index (χ0v) is 36.2. The number of halogens is 4. The first kappa shape index (κ1) is 44.1. The van der Waals surface area contributed by atoms with Gasteiger partial charge in [0.15, 0.2) is 17.5 Å². The number of hydrogen-bond donors (Lipinski definition) is 1. The summed E-state index contributed by atoms with van der Waals surface area (Å²) in [5.74, 6) is -0.648. The monoisotopic (exact) mass is 912 g/mol. The number of esters is 2. The van der Waals surface area contributed by atoms with Crippen LogP contribution in [0.15, 0.2) is 90.1 Å². The number of nitrogens with zero attached hydrogens (tertiary/aromatic N) is 3. The Morgan fingerprint density at radius 3 is 2.39 bits per heavy atom. The molecule has 8 rings (SSSR count). The molecule has 4 aromatic rings. The van der Waals surface area contributed by atoms with Crippen LogP contribution in [-0.2, 0) is 35.5 Å². The average Bonchev–Trinajstić information content (AvgIpc) is 3.94. The minimum atomic E-state index is -4.30. The molecule has 4 aliphatic rings. The van der Waals surface area contributed by atoms with Gasteiger partial charge in [-0.1, -0.05) is 65.7 Å². The van der Waals surface area contributed by atoms with Crippen molar-refractivity contribution in [3.05, 3.63) is 112 Å². The number of piperidine rings is 2. The summed E-state index contributed by atoms with van der Waals surface area (Å²) in [7, 11) is -4.30. The van der Waals surface area contributed by atoms with Crippen molar-refractivity contribution in [1.29, 1.82) is 0 Å². The lowest BCUT2D eigenvalue weighted by Crippen LogP contribution is -2.48. The number of aromatic nitrogens is 1. The van der Waals surface area contributed by atoms with Crippen LogP contribution >= 0.6 is 23.2 Å². The van der Waals surface area contributed by atoms with Crippen LogP contribution in [0.1, 0.15) is 73.8 Å². The Labute approximate surface area is 369 Å². The molecule has 0 amide bonds. The minimum Gasteiger partial charge on any atom is -0.489 e. The largest absolute Gasteiger partial charge is 0.489 e. The first-order valence-electron chi connectivity index (χ1n) is 21.0. The molecule has 6 atom stereocenters. The zero-order chi connectivity index (χ0) is 43.4. The summed E-state index contributed by atoms with van der Waals surface area (Å²) in [4.78, 5) is 34.4. The molecule has 2 bridgehead atoms. The van der Waals surface area contributed by atoms with Crippen LogP contribution in [0.4, 0.5) is 14.5 Å². The summed E-state index contributed by atoms with van der Waals surface area (Å²) in [6.45, 7) is -0.0793. The lowest BCUT2D eigenvalue weighted by molar-refractivity contribution is -0.155. The molecule has 3 unspecified atom stereocenters. The molecule has 4 fully saturated rings. The van der Waals surface area contributed by atoms with E-state index in [0.717, 1.165) is 49.5 Å². The second-order valence-corrected chi connectivity index (χ2v) is 19.1. The molecule has 4 heterocycles. The number of hydrogen-bond acceptors (Lipinski definition) is 11. The standard InChI is InChI=1S/C45H48Cl2F2N4O8S/c46-36-23-50-24-37(47)35(36)22-40(31-15-16-39(61-45(48)49)41(20-31)58-27-28-13-14-28)60-43(54)38-12-6-18-53(38)62(56,57)34-11-4-10-32(21-34)51-42(30-8-2-1-3-9-30)44(55)59-33-19-29-7-5-17-52(25-29)26-33/h1-4,8-11,15-16,20-21,23-24,28-29,33,38,40,42,45,51H,5-7,12-14,17-19,22,25-27H2/t29?,33-,38+,40+,42?/m1/s1. The van der Waals surface area contributed by atoms with Crippen molar-refractivity contribution in [2.45, 2.75) is 87.2 Å². The van der Waals surface area contributed by atoms with E-state index in [2.05, 4.69) is 15.2 Å². The molecule has 3 saturated heterocycles. The van der Waals surface area contributed by atoms with E-state index in [4.69, 9.17) is 42.1 Å². The lowest BCUT2D eigenvalue weighted by Gasteiger charge is -2.41. The molecule has 12 nitrogen and oxygen atoms in total. The quantitative estimate of drug-likeness (QED) is 0.102. The molecule has 0 radical (unpaired) electrons. The molecule has 1 aromatic heterocycles. The van der Waals surface area contributed by atoms with E-state index in [0.29, 0.717) is 47.2 Å². The number of sulfonamides is 1. The van der Waals surface area contributed by atoms with E-state index in [-0.39, 0.29) is 58.5 Å².